The molecule has 3 aromatic rings. The van der Waals surface area contributed by atoms with E-state index in [1.165, 1.54) is 42.5 Å². The van der Waals surface area contributed by atoms with Crippen LogP contribution in [0, 0.1) is 17.5 Å². The minimum absolute atomic E-state index is 0.0658. The summed E-state index contributed by atoms with van der Waals surface area (Å²) in [5.74, 6) is -2.74. The minimum Gasteiger partial charge on any atom is -0.478 e. The molecule has 3 nitrogen and oxygen atoms in total. The lowest BCUT2D eigenvalue weighted by Crippen LogP contribution is -2.04. The van der Waals surface area contributed by atoms with Crippen molar-refractivity contribution in [2.75, 3.05) is 5.32 Å². The number of benzene rings is 3. The molecular formula is C21H16F3NO2. The number of carbonyl (C=O) groups is 1. The van der Waals surface area contributed by atoms with Gasteiger partial charge < -0.3 is 10.4 Å². The molecule has 3 rings (SSSR count). The van der Waals surface area contributed by atoms with Gasteiger partial charge in [0.15, 0.2) is 0 Å². The summed E-state index contributed by atoms with van der Waals surface area (Å²) in [6.07, 6.45) is 0.787. The summed E-state index contributed by atoms with van der Waals surface area (Å²) >= 11 is 0. The van der Waals surface area contributed by atoms with E-state index >= 15 is 0 Å². The van der Waals surface area contributed by atoms with Crippen LogP contribution in [0.1, 0.15) is 21.5 Å². The van der Waals surface area contributed by atoms with Gasteiger partial charge in [-0.1, -0.05) is 12.1 Å². The van der Waals surface area contributed by atoms with E-state index in [9.17, 15) is 23.1 Å². The number of halogens is 3. The average molecular weight is 371 g/mol. The van der Waals surface area contributed by atoms with Crippen LogP contribution >= 0.6 is 0 Å². The molecule has 0 spiro atoms. The lowest BCUT2D eigenvalue weighted by Gasteiger charge is -2.12. The molecule has 0 aliphatic heterocycles. The Morgan fingerprint density at radius 2 is 1.56 bits per heavy atom. The molecule has 0 unspecified atom stereocenters. The summed E-state index contributed by atoms with van der Waals surface area (Å²) in [6, 6.07) is 13.8. The van der Waals surface area contributed by atoms with Crippen LogP contribution < -0.4 is 5.32 Å². The second-order valence-corrected chi connectivity index (χ2v) is 6.05. The maximum absolute atomic E-state index is 13.8. The number of aromatic carboxylic acids is 1. The fourth-order valence-electron chi connectivity index (χ4n) is 2.73. The quantitative estimate of drug-likeness (QED) is 0.616. The number of aryl methyl sites for hydroxylation is 2. The number of nitrogens with one attached hydrogen (secondary N) is 1. The Bertz CT molecular complexity index is 972. The van der Waals surface area contributed by atoms with Crippen molar-refractivity contribution >= 4 is 17.3 Å². The smallest absolute Gasteiger partial charge is 0.337 e. The third-order valence-corrected chi connectivity index (χ3v) is 4.14. The first-order valence-electron chi connectivity index (χ1n) is 8.25. The molecule has 0 heterocycles. The highest BCUT2D eigenvalue weighted by Gasteiger charge is 2.12. The molecule has 0 bridgehead atoms. The molecule has 0 amide bonds. The van der Waals surface area contributed by atoms with Gasteiger partial charge in [0.2, 0.25) is 0 Å². The second-order valence-electron chi connectivity index (χ2n) is 6.05. The third kappa shape index (κ3) is 4.67. The van der Waals surface area contributed by atoms with Crippen molar-refractivity contribution in [1.29, 1.82) is 0 Å². The van der Waals surface area contributed by atoms with Crippen LogP contribution in [0.25, 0.3) is 0 Å². The number of rotatable bonds is 6. The SMILES string of the molecule is O=C(O)c1ccc(CCc2ccc(F)cc2F)cc1Nc1ccc(F)cc1. The average Bonchev–Trinajstić information content (AvgIpc) is 2.63. The van der Waals surface area contributed by atoms with Crippen LogP contribution in [0.15, 0.2) is 60.7 Å². The number of hydrogen-bond acceptors (Lipinski definition) is 2. The predicted octanol–water partition coefficient (Wildman–Crippen LogP) is 5.33. The maximum atomic E-state index is 13.8. The summed E-state index contributed by atoms with van der Waals surface area (Å²) in [6.45, 7) is 0. The van der Waals surface area contributed by atoms with E-state index in [0.717, 1.165) is 11.6 Å². The van der Waals surface area contributed by atoms with Crippen molar-refractivity contribution in [2.24, 2.45) is 0 Å². The van der Waals surface area contributed by atoms with Crippen molar-refractivity contribution in [3.05, 3.63) is 94.8 Å². The fraction of sp³-hybridized carbons (Fsp3) is 0.0952. The van der Waals surface area contributed by atoms with E-state index in [-0.39, 0.29) is 5.56 Å². The molecule has 2 N–H and O–H groups in total. The Morgan fingerprint density at radius 3 is 2.22 bits per heavy atom. The lowest BCUT2D eigenvalue weighted by atomic mass is 10.0. The highest BCUT2D eigenvalue weighted by atomic mass is 19.1. The van der Waals surface area contributed by atoms with Gasteiger partial charge in [-0.05, 0) is 66.4 Å². The highest BCUT2D eigenvalue weighted by molar-refractivity contribution is 5.95. The number of carboxylic acids is 1. The third-order valence-electron chi connectivity index (χ3n) is 4.14. The van der Waals surface area contributed by atoms with Crippen LogP contribution in [-0.2, 0) is 12.8 Å². The van der Waals surface area contributed by atoms with Crippen molar-refractivity contribution in [3.8, 4) is 0 Å². The van der Waals surface area contributed by atoms with Gasteiger partial charge in [0, 0.05) is 11.8 Å². The molecule has 0 aliphatic carbocycles. The summed E-state index contributed by atoms with van der Waals surface area (Å²) in [4.78, 5) is 11.4. The highest BCUT2D eigenvalue weighted by Crippen LogP contribution is 2.24. The fourth-order valence-corrected chi connectivity index (χ4v) is 2.73. The van der Waals surface area contributed by atoms with Gasteiger partial charge in [0.1, 0.15) is 17.5 Å². The zero-order valence-corrected chi connectivity index (χ0v) is 14.2. The Morgan fingerprint density at radius 1 is 0.852 bits per heavy atom. The molecule has 0 radical (unpaired) electrons. The van der Waals surface area contributed by atoms with E-state index in [1.54, 1.807) is 12.1 Å². The molecule has 0 saturated carbocycles. The Balaban J connectivity index is 1.82. The van der Waals surface area contributed by atoms with Crippen molar-refractivity contribution < 1.29 is 23.1 Å². The minimum atomic E-state index is -1.10. The number of anilines is 2. The topological polar surface area (TPSA) is 49.3 Å². The van der Waals surface area contributed by atoms with Gasteiger partial charge >= 0.3 is 5.97 Å². The van der Waals surface area contributed by atoms with E-state index in [1.807, 2.05) is 0 Å². The molecule has 6 heteroatoms. The van der Waals surface area contributed by atoms with Crippen LogP contribution in [0.2, 0.25) is 0 Å². The second kappa shape index (κ2) is 7.95. The first kappa shape index (κ1) is 18.5. The molecular weight excluding hydrogens is 355 g/mol. The normalized spacial score (nSPS) is 10.6. The van der Waals surface area contributed by atoms with E-state index in [2.05, 4.69) is 5.32 Å². The van der Waals surface area contributed by atoms with E-state index in [4.69, 9.17) is 0 Å². The van der Waals surface area contributed by atoms with Gasteiger partial charge in [-0.25, -0.2) is 18.0 Å². The monoisotopic (exact) mass is 371 g/mol. The summed E-state index contributed by atoms with van der Waals surface area (Å²) in [5.41, 5.74) is 2.13. The zero-order valence-electron chi connectivity index (χ0n) is 14.2. The Kier molecular flexibility index (Phi) is 5.45. The first-order chi connectivity index (χ1) is 12.9. The van der Waals surface area contributed by atoms with Crippen molar-refractivity contribution in [1.82, 2.24) is 0 Å². The van der Waals surface area contributed by atoms with Gasteiger partial charge in [-0.2, -0.15) is 0 Å². The van der Waals surface area contributed by atoms with E-state index in [0.29, 0.717) is 29.8 Å². The summed E-state index contributed by atoms with van der Waals surface area (Å²) in [5, 5.41) is 12.3. The molecule has 0 aromatic heterocycles. The first-order valence-corrected chi connectivity index (χ1v) is 8.25. The van der Waals surface area contributed by atoms with Gasteiger partial charge in [-0.3, -0.25) is 0 Å². The zero-order chi connectivity index (χ0) is 19.4. The Labute approximate surface area is 154 Å². The molecule has 0 atom stereocenters. The van der Waals surface area contributed by atoms with Gasteiger partial charge in [-0.15, -0.1) is 0 Å². The molecule has 138 valence electrons. The number of hydrogen-bond donors (Lipinski definition) is 2. The van der Waals surface area contributed by atoms with Crippen LogP contribution in [0.4, 0.5) is 24.5 Å². The summed E-state index contributed by atoms with van der Waals surface area (Å²) in [7, 11) is 0. The largest absolute Gasteiger partial charge is 0.478 e. The molecule has 3 aromatic carbocycles. The van der Waals surface area contributed by atoms with Gasteiger partial charge in [0.05, 0.1) is 11.3 Å². The molecule has 0 aliphatic rings. The molecule has 27 heavy (non-hydrogen) atoms. The van der Waals surface area contributed by atoms with Crippen LogP contribution in [0.5, 0.6) is 0 Å². The predicted molar refractivity (Wildman–Crippen MR) is 96.9 cm³/mol. The van der Waals surface area contributed by atoms with Crippen molar-refractivity contribution in [2.45, 2.75) is 12.8 Å². The van der Waals surface area contributed by atoms with Crippen LogP contribution in [0.3, 0.4) is 0 Å². The van der Waals surface area contributed by atoms with Crippen LogP contribution in [-0.4, -0.2) is 11.1 Å². The van der Waals surface area contributed by atoms with Crippen molar-refractivity contribution in [3.63, 3.8) is 0 Å². The maximum Gasteiger partial charge on any atom is 0.337 e. The number of carboxylic acid groups (broad SMARTS) is 1. The van der Waals surface area contributed by atoms with Gasteiger partial charge in [0.25, 0.3) is 0 Å². The standard InChI is InChI=1S/C21H16F3NO2/c22-15-6-8-17(9-7-15)25-20-11-13(2-10-18(20)21(26)27)1-3-14-4-5-16(23)12-19(14)24/h2,4-12,25H,1,3H2,(H,26,27). The molecule has 0 saturated heterocycles. The lowest BCUT2D eigenvalue weighted by molar-refractivity contribution is 0.0698. The molecule has 0 fully saturated rings. The summed E-state index contributed by atoms with van der Waals surface area (Å²) < 4.78 is 39.8. The Hall–Kier alpha value is -3.28. The van der Waals surface area contributed by atoms with E-state index < -0.39 is 23.4 Å².